The molecule has 0 rings (SSSR count). The van der Waals surface area contributed by atoms with Crippen LogP contribution in [0, 0.1) is 11.8 Å². The van der Waals surface area contributed by atoms with Gasteiger partial charge in [0.1, 0.15) is 0 Å². The lowest BCUT2D eigenvalue weighted by Gasteiger charge is -2.18. The fourth-order valence-corrected chi connectivity index (χ4v) is 1.87. The molecule has 0 radical (unpaired) electrons. The summed E-state index contributed by atoms with van der Waals surface area (Å²) in [6.07, 6.45) is 1.35. The van der Waals surface area contributed by atoms with Gasteiger partial charge in [-0.1, -0.05) is 36.4 Å². The summed E-state index contributed by atoms with van der Waals surface area (Å²) < 4.78 is 1.28. The second-order valence-corrected chi connectivity index (χ2v) is 4.12. The van der Waals surface area contributed by atoms with Crippen LogP contribution in [0.5, 0.6) is 0 Å². The van der Waals surface area contributed by atoms with E-state index in [1.54, 1.807) is 0 Å². The molecule has 1 unspecified atom stereocenters. The minimum atomic E-state index is 0.821. The number of hydrogen-bond acceptors (Lipinski definition) is 1. The Bertz CT molecular complexity index is 67.7. The summed E-state index contributed by atoms with van der Waals surface area (Å²) in [7, 11) is 2.03. The predicted molar refractivity (Wildman–Crippen MR) is 55.8 cm³/mol. The van der Waals surface area contributed by atoms with Crippen LogP contribution < -0.4 is 5.32 Å². The molecule has 0 aliphatic heterocycles. The van der Waals surface area contributed by atoms with E-state index in [1.807, 2.05) is 7.05 Å². The van der Waals surface area contributed by atoms with Crippen LogP contribution in [0.1, 0.15) is 20.3 Å². The summed E-state index contributed by atoms with van der Waals surface area (Å²) in [5.41, 5.74) is 0. The number of hydrogen-bond donors (Lipinski definition) is 1. The average Bonchev–Trinajstić information content (AvgIpc) is 1.87. The van der Waals surface area contributed by atoms with Gasteiger partial charge >= 0.3 is 0 Å². The van der Waals surface area contributed by atoms with Gasteiger partial charge in [-0.3, -0.25) is 0 Å². The topological polar surface area (TPSA) is 12.0 Å². The highest BCUT2D eigenvalue weighted by atomic mass is 127. The maximum Gasteiger partial charge on any atom is -0.000152 e. The van der Waals surface area contributed by atoms with Gasteiger partial charge in [0, 0.05) is 0 Å². The van der Waals surface area contributed by atoms with Gasteiger partial charge in [-0.15, -0.1) is 0 Å². The lowest BCUT2D eigenvalue weighted by molar-refractivity contribution is 0.366. The third kappa shape index (κ3) is 4.50. The van der Waals surface area contributed by atoms with Crippen molar-refractivity contribution in [2.75, 3.05) is 18.0 Å². The minimum Gasteiger partial charge on any atom is -0.319 e. The molecule has 0 amide bonds. The van der Waals surface area contributed by atoms with Crippen LogP contribution in [0.4, 0.5) is 0 Å². The van der Waals surface area contributed by atoms with E-state index in [1.165, 1.54) is 17.4 Å². The Balaban J connectivity index is 3.50. The van der Waals surface area contributed by atoms with Gasteiger partial charge in [-0.25, -0.2) is 0 Å². The Kier molecular flexibility index (Phi) is 6.85. The van der Waals surface area contributed by atoms with Crippen molar-refractivity contribution in [3.05, 3.63) is 0 Å². The maximum atomic E-state index is 3.23. The zero-order valence-electron chi connectivity index (χ0n) is 7.15. The van der Waals surface area contributed by atoms with Gasteiger partial charge in [0.05, 0.1) is 0 Å². The van der Waals surface area contributed by atoms with Gasteiger partial charge in [0.25, 0.3) is 0 Å². The van der Waals surface area contributed by atoms with E-state index in [2.05, 4.69) is 41.8 Å². The Labute approximate surface area is 78.1 Å². The van der Waals surface area contributed by atoms with Gasteiger partial charge in [-0.2, -0.15) is 0 Å². The molecular weight excluding hydrogens is 237 g/mol. The molecule has 0 aliphatic carbocycles. The molecule has 0 aromatic carbocycles. The molecule has 0 saturated carbocycles. The minimum absolute atomic E-state index is 0.821. The fourth-order valence-electron chi connectivity index (χ4n) is 1.07. The van der Waals surface area contributed by atoms with Gasteiger partial charge in [0.15, 0.2) is 0 Å². The van der Waals surface area contributed by atoms with E-state index in [0.717, 1.165) is 11.8 Å². The summed E-state index contributed by atoms with van der Waals surface area (Å²) in [6, 6.07) is 0. The molecular formula is C8H18IN. The van der Waals surface area contributed by atoms with Crippen molar-refractivity contribution in [2.45, 2.75) is 20.3 Å². The molecule has 0 spiro atoms. The van der Waals surface area contributed by atoms with Crippen LogP contribution >= 0.6 is 22.6 Å². The van der Waals surface area contributed by atoms with Crippen LogP contribution in [0.3, 0.4) is 0 Å². The zero-order chi connectivity index (χ0) is 7.98. The molecule has 0 aromatic heterocycles. The van der Waals surface area contributed by atoms with E-state index in [-0.39, 0.29) is 0 Å². The van der Waals surface area contributed by atoms with E-state index in [9.17, 15) is 0 Å². The molecule has 0 aliphatic rings. The van der Waals surface area contributed by atoms with Crippen LogP contribution in [-0.4, -0.2) is 18.0 Å². The molecule has 1 atom stereocenters. The highest BCUT2D eigenvalue weighted by Crippen LogP contribution is 2.14. The van der Waals surface area contributed by atoms with E-state index in [4.69, 9.17) is 0 Å². The Morgan fingerprint density at radius 3 is 2.30 bits per heavy atom. The molecule has 0 aromatic rings. The van der Waals surface area contributed by atoms with Crippen molar-refractivity contribution < 1.29 is 0 Å². The summed E-state index contributed by atoms with van der Waals surface area (Å²) in [6.45, 7) is 5.77. The highest BCUT2D eigenvalue weighted by Gasteiger charge is 2.10. The van der Waals surface area contributed by atoms with E-state index in [0.29, 0.717) is 0 Å². The summed E-state index contributed by atoms with van der Waals surface area (Å²) >= 11 is 2.45. The van der Waals surface area contributed by atoms with Crippen LogP contribution in [0.2, 0.25) is 0 Å². The van der Waals surface area contributed by atoms with Crippen LogP contribution in [0.15, 0.2) is 0 Å². The molecule has 1 nitrogen and oxygen atoms in total. The number of nitrogens with one attached hydrogen (secondary N) is 1. The first-order valence-electron chi connectivity index (χ1n) is 3.93. The molecule has 0 bridgehead atoms. The number of rotatable bonds is 5. The monoisotopic (exact) mass is 255 g/mol. The second-order valence-electron chi connectivity index (χ2n) is 3.04. The average molecular weight is 255 g/mol. The first-order chi connectivity index (χ1) is 4.72. The Morgan fingerprint density at radius 2 is 2.00 bits per heavy atom. The first-order valence-corrected chi connectivity index (χ1v) is 5.45. The highest BCUT2D eigenvalue weighted by molar-refractivity contribution is 14.1. The normalized spacial score (nSPS) is 14.1. The van der Waals surface area contributed by atoms with Crippen LogP contribution in [0.25, 0.3) is 0 Å². The SMILES string of the molecule is CNCC(CCI)C(C)C. The maximum absolute atomic E-state index is 3.23. The molecule has 2 heteroatoms. The summed E-state index contributed by atoms with van der Waals surface area (Å²) in [5, 5.41) is 3.23. The summed E-state index contributed by atoms with van der Waals surface area (Å²) in [4.78, 5) is 0. The lowest BCUT2D eigenvalue weighted by Crippen LogP contribution is -2.23. The number of alkyl halides is 1. The molecule has 1 N–H and O–H groups in total. The van der Waals surface area contributed by atoms with E-state index >= 15 is 0 Å². The number of halogens is 1. The van der Waals surface area contributed by atoms with Gasteiger partial charge in [-0.05, 0) is 36.3 Å². The molecule has 0 heterocycles. The van der Waals surface area contributed by atoms with Crippen molar-refractivity contribution in [1.29, 1.82) is 0 Å². The Morgan fingerprint density at radius 1 is 1.40 bits per heavy atom. The molecule has 10 heavy (non-hydrogen) atoms. The molecule has 0 fully saturated rings. The molecule has 0 saturated heterocycles. The van der Waals surface area contributed by atoms with Gasteiger partial charge in [0.2, 0.25) is 0 Å². The fraction of sp³-hybridized carbons (Fsp3) is 1.00. The predicted octanol–water partition coefficient (Wildman–Crippen LogP) is 2.30. The Hall–Kier alpha value is 0.690. The smallest absolute Gasteiger partial charge is 0.000152 e. The largest absolute Gasteiger partial charge is 0.319 e. The van der Waals surface area contributed by atoms with Crippen molar-refractivity contribution >= 4 is 22.6 Å². The third-order valence-electron chi connectivity index (χ3n) is 1.89. The zero-order valence-corrected chi connectivity index (χ0v) is 9.31. The quantitative estimate of drug-likeness (QED) is 0.587. The van der Waals surface area contributed by atoms with Gasteiger partial charge < -0.3 is 5.32 Å². The van der Waals surface area contributed by atoms with E-state index < -0.39 is 0 Å². The standard InChI is InChI=1S/C8H18IN/c1-7(2)8(4-5-9)6-10-3/h7-8,10H,4-6H2,1-3H3. The lowest BCUT2D eigenvalue weighted by atomic mass is 9.93. The van der Waals surface area contributed by atoms with Crippen molar-refractivity contribution in [2.24, 2.45) is 11.8 Å². The first kappa shape index (κ1) is 10.7. The third-order valence-corrected chi connectivity index (χ3v) is 2.51. The van der Waals surface area contributed by atoms with Crippen molar-refractivity contribution in [3.63, 3.8) is 0 Å². The second kappa shape index (κ2) is 6.40. The van der Waals surface area contributed by atoms with Crippen molar-refractivity contribution in [3.8, 4) is 0 Å². The van der Waals surface area contributed by atoms with Crippen molar-refractivity contribution in [1.82, 2.24) is 5.32 Å². The summed E-state index contributed by atoms with van der Waals surface area (Å²) in [5.74, 6) is 1.68. The molecule has 62 valence electrons. The van der Waals surface area contributed by atoms with Crippen LogP contribution in [-0.2, 0) is 0 Å².